The summed E-state index contributed by atoms with van der Waals surface area (Å²) in [5.41, 5.74) is 7.58. The van der Waals surface area contributed by atoms with Gasteiger partial charge in [-0.2, -0.15) is 0 Å². The largest absolute Gasteiger partial charge is 0.356 e. The molecule has 0 spiro atoms. The number of hydrogen-bond donors (Lipinski definition) is 2. The molecule has 1 aromatic carbocycles. The number of pyridine rings is 2. The van der Waals surface area contributed by atoms with E-state index >= 15 is 0 Å². The Kier molecular flexibility index (Phi) is 3.93. The molecule has 2 N–H and O–H groups in total. The highest BCUT2D eigenvalue weighted by Gasteiger charge is 2.30. The standard InChI is InChI=1S/C24H24N4/c1-24(2)10-7-19-20(13-24)27-22(16-8-11-25-12-9-16)23(19)28-21-15-26-14-17-5-3-4-6-18(17)21/h3-6,8-9,11-12,14-15,27-28H,7,10,13H2,1-2H3. The highest BCUT2D eigenvalue weighted by atomic mass is 15.0. The molecule has 1 aliphatic rings. The number of anilines is 2. The first-order chi connectivity index (χ1) is 13.6. The molecule has 3 heterocycles. The maximum absolute atomic E-state index is 4.45. The van der Waals surface area contributed by atoms with Gasteiger partial charge in [-0.3, -0.25) is 9.97 Å². The van der Waals surface area contributed by atoms with Crippen molar-refractivity contribution in [3.63, 3.8) is 0 Å². The van der Waals surface area contributed by atoms with E-state index in [2.05, 4.69) is 70.5 Å². The van der Waals surface area contributed by atoms with Crippen LogP contribution in [0.3, 0.4) is 0 Å². The number of nitrogens with one attached hydrogen (secondary N) is 2. The maximum Gasteiger partial charge on any atom is 0.0699 e. The lowest BCUT2D eigenvalue weighted by atomic mass is 9.76. The van der Waals surface area contributed by atoms with Crippen LogP contribution in [0.2, 0.25) is 0 Å². The van der Waals surface area contributed by atoms with Crippen molar-refractivity contribution < 1.29 is 0 Å². The summed E-state index contributed by atoms with van der Waals surface area (Å²) in [6.07, 6.45) is 10.9. The Morgan fingerprint density at radius 1 is 1.00 bits per heavy atom. The third-order valence-corrected chi connectivity index (χ3v) is 5.80. The zero-order valence-corrected chi connectivity index (χ0v) is 16.3. The summed E-state index contributed by atoms with van der Waals surface area (Å²) in [5, 5.41) is 6.06. The molecular weight excluding hydrogens is 344 g/mol. The van der Waals surface area contributed by atoms with Crippen LogP contribution in [0, 0.1) is 5.41 Å². The van der Waals surface area contributed by atoms with Crippen molar-refractivity contribution in [3.05, 3.63) is 72.4 Å². The Morgan fingerprint density at radius 3 is 2.68 bits per heavy atom. The summed E-state index contributed by atoms with van der Waals surface area (Å²) in [6, 6.07) is 12.5. The zero-order chi connectivity index (χ0) is 19.1. The first-order valence-electron chi connectivity index (χ1n) is 9.85. The van der Waals surface area contributed by atoms with Gasteiger partial charge in [0.1, 0.15) is 0 Å². The molecule has 0 unspecified atom stereocenters. The fourth-order valence-electron chi connectivity index (χ4n) is 4.27. The molecule has 4 aromatic rings. The van der Waals surface area contributed by atoms with Gasteiger partial charge in [-0.1, -0.05) is 38.1 Å². The molecule has 0 fully saturated rings. The van der Waals surface area contributed by atoms with Crippen LogP contribution in [0.5, 0.6) is 0 Å². The lowest BCUT2D eigenvalue weighted by Gasteiger charge is -2.29. The van der Waals surface area contributed by atoms with Crippen LogP contribution < -0.4 is 5.32 Å². The van der Waals surface area contributed by atoms with E-state index in [0.29, 0.717) is 5.41 Å². The summed E-state index contributed by atoms with van der Waals surface area (Å²) < 4.78 is 0. The molecule has 28 heavy (non-hydrogen) atoms. The number of fused-ring (bicyclic) bond motifs is 2. The molecular formula is C24H24N4. The molecule has 0 saturated carbocycles. The molecule has 0 bridgehead atoms. The van der Waals surface area contributed by atoms with Gasteiger partial charge in [0.05, 0.1) is 23.3 Å². The predicted octanol–water partition coefficient (Wildman–Crippen LogP) is 5.88. The van der Waals surface area contributed by atoms with Gasteiger partial charge in [0.25, 0.3) is 0 Å². The summed E-state index contributed by atoms with van der Waals surface area (Å²) in [4.78, 5) is 12.4. The Labute approximate surface area is 165 Å². The van der Waals surface area contributed by atoms with Crippen molar-refractivity contribution in [1.82, 2.24) is 15.0 Å². The predicted molar refractivity (Wildman–Crippen MR) is 115 cm³/mol. The third-order valence-electron chi connectivity index (χ3n) is 5.80. The Hall–Kier alpha value is -3.14. The van der Waals surface area contributed by atoms with Crippen molar-refractivity contribution in [2.24, 2.45) is 5.41 Å². The fraction of sp³-hybridized carbons (Fsp3) is 0.250. The number of nitrogens with zero attached hydrogens (tertiary/aromatic N) is 2. The first kappa shape index (κ1) is 17.0. The Balaban J connectivity index is 1.67. The van der Waals surface area contributed by atoms with E-state index < -0.39 is 0 Å². The van der Waals surface area contributed by atoms with E-state index in [9.17, 15) is 0 Å². The number of H-pyrrole nitrogens is 1. The SMILES string of the molecule is CC1(C)CCc2c([nH]c(-c3ccncc3)c2Nc2cncc3ccccc23)C1. The van der Waals surface area contributed by atoms with E-state index in [1.807, 2.05) is 24.8 Å². The van der Waals surface area contributed by atoms with Gasteiger partial charge in [0.2, 0.25) is 0 Å². The molecule has 0 radical (unpaired) electrons. The van der Waals surface area contributed by atoms with Gasteiger partial charge in [-0.05, 0) is 42.4 Å². The number of hydrogen-bond acceptors (Lipinski definition) is 3. The van der Waals surface area contributed by atoms with Gasteiger partial charge < -0.3 is 10.3 Å². The average Bonchev–Trinajstić information content (AvgIpc) is 3.05. The van der Waals surface area contributed by atoms with E-state index in [1.165, 1.54) is 28.8 Å². The van der Waals surface area contributed by atoms with Gasteiger partial charge in [0.15, 0.2) is 0 Å². The molecule has 5 rings (SSSR count). The Bertz CT molecular complexity index is 1140. The van der Waals surface area contributed by atoms with Gasteiger partial charge >= 0.3 is 0 Å². The van der Waals surface area contributed by atoms with Crippen molar-refractivity contribution >= 4 is 22.1 Å². The summed E-state index contributed by atoms with van der Waals surface area (Å²) in [6.45, 7) is 4.70. The topological polar surface area (TPSA) is 53.6 Å². The van der Waals surface area contributed by atoms with Crippen molar-refractivity contribution in [1.29, 1.82) is 0 Å². The normalized spacial score (nSPS) is 15.4. The molecule has 1 aliphatic carbocycles. The second-order valence-electron chi connectivity index (χ2n) is 8.44. The van der Waals surface area contributed by atoms with Crippen molar-refractivity contribution in [3.8, 4) is 11.3 Å². The molecule has 0 saturated heterocycles. The molecule has 3 aromatic heterocycles. The van der Waals surface area contributed by atoms with E-state index in [0.717, 1.165) is 35.2 Å². The van der Waals surface area contributed by atoms with Crippen LogP contribution in [-0.4, -0.2) is 15.0 Å². The van der Waals surface area contributed by atoms with Crippen molar-refractivity contribution in [2.45, 2.75) is 33.1 Å². The lowest BCUT2D eigenvalue weighted by Crippen LogP contribution is -2.22. The summed E-state index contributed by atoms with van der Waals surface area (Å²) in [5.74, 6) is 0. The van der Waals surface area contributed by atoms with Crippen LogP contribution in [0.4, 0.5) is 11.4 Å². The highest BCUT2D eigenvalue weighted by molar-refractivity contribution is 5.96. The minimum Gasteiger partial charge on any atom is -0.356 e. The Morgan fingerprint density at radius 2 is 1.82 bits per heavy atom. The average molecular weight is 368 g/mol. The summed E-state index contributed by atoms with van der Waals surface area (Å²) >= 11 is 0. The molecule has 0 atom stereocenters. The highest BCUT2D eigenvalue weighted by Crippen LogP contribution is 2.43. The van der Waals surface area contributed by atoms with E-state index in [1.54, 1.807) is 0 Å². The summed E-state index contributed by atoms with van der Waals surface area (Å²) in [7, 11) is 0. The number of aromatic nitrogens is 3. The van der Waals surface area contributed by atoms with E-state index in [-0.39, 0.29) is 0 Å². The van der Waals surface area contributed by atoms with Crippen LogP contribution in [0.15, 0.2) is 61.2 Å². The quantitative estimate of drug-likeness (QED) is 0.474. The smallest absolute Gasteiger partial charge is 0.0699 e. The number of benzene rings is 1. The van der Waals surface area contributed by atoms with Crippen LogP contribution in [0.1, 0.15) is 31.5 Å². The molecule has 0 amide bonds. The zero-order valence-electron chi connectivity index (χ0n) is 16.3. The molecule has 4 heteroatoms. The van der Waals surface area contributed by atoms with Gasteiger partial charge in [-0.15, -0.1) is 0 Å². The minimum atomic E-state index is 0.325. The second-order valence-corrected chi connectivity index (χ2v) is 8.44. The van der Waals surface area contributed by atoms with Gasteiger partial charge in [0, 0.05) is 40.6 Å². The molecule has 140 valence electrons. The fourth-order valence-corrected chi connectivity index (χ4v) is 4.27. The second kappa shape index (κ2) is 6.48. The van der Waals surface area contributed by atoms with Crippen LogP contribution in [0.25, 0.3) is 22.0 Å². The van der Waals surface area contributed by atoms with Crippen LogP contribution in [-0.2, 0) is 12.8 Å². The molecule has 0 aliphatic heterocycles. The maximum atomic E-state index is 4.45. The molecule has 4 nitrogen and oxygen atoms in total. The monoisotopic (exact) mass is 368 g/mol. The minimum absolute atomic E-state index is 0.325. The third kappa shape index (κ3) is 2.95. The lowest BCUT2D eigenvalue weighted by molar-refractivity contribution is 0.313. The van der Waals surface area contributed by atoms with E-state index in [4.69, 9.17) is 0 Å². The number of aromatic amines is 1. The van der Waals surface area contributed by atoms with Gasteiger partial charge in [-0.25, -0.2) is 0 Å². The van der Waals surface area contributed by atoms with Crippen molar-refractivity contribution in [2.75, 3.05) is 5.32 Å². The first-order valence-corrected chi connectivity index (χ1v) is 9.85. The number of rotatable bonds is 3. The van der Waals surface area contributed by atoms with Crippen LogP contribution >= 0.6 is 0 Å².